The molecule has 4 nitrogen and oxygen atoms in total. The van der Waals surface area contributed by atoms with Gasteiger partial charge in [0.25, 0.3) is 0 Å². The highest BCUT2D eigenvalue weighted by Crippen LogP contribution is 2.14. The molecule has 0 radical (unpaired) electrons. The zero-order valence-electron chi connectivity index (χ0n) is 11.6. The summed E-state index contributed by atoms with van der Waals surface area (Å²) in [5.74, 6) is 1.30. The fourth-order valence-corrected chi connectivity index (χ4v) is 2.09. The standard InChI is InChI=1S/C15H21N3O/c1-3-6-13(16)15-17-14(19-18-15)10-9-12-8-5-4-7-11(12)2/h4-5,7-8,13H,3,6,9-10,16H2,1-2H3. The van der Waals surface area contributed by atoms with E-state index in [0.29, 0.717) is 11.7 Å². The van der Waals surface area contributed by atoms with Crippen molar-refractivity contribution in [2.45, 2.75) is 45.6 Å². The first-order chi connectivity index (χ1) is 9.20. The average Bonchev–Trinajstić information content (AvgIpc) is 2.87. The Balaban J connectivity index is 1.95. The summed E-state index contributed by atoms with van der Waals surface area (Å²) in [5, 5.41) is 3.96. The molecule has 2 aromatic rings. The van der Waals surface area contributed by atoms with Gasteiger partial charge in [0.1, 0.15) is 0 Å². The van der Waals surface area contributed by atoms with Crippen molar-refractivity contribution in [2.24, 2.45) is 5.73 Å². The Morgan fingerprint density at radius 3 is 2.79 bits per heavy atom. The normalized spacial score (nSPS) is 12.6. The molecule has 0 saturated heterocycles. The molecule has 0 bridgehead atoms. The molecule has 102 valence electrons. The molecule has 1 atom stereocenters. The first kappa shape index (κ1) is 13.7. The van der Waals surface area contributed by atoms with Crippen molar-refractivity contribution in [1.82, 2.24) is 10.1 Å². The van der Waals surface area contributed by atoms with Crippen molar-refractivity contribution >= 4 is 0 Å². The lowest BCUT2D eigenvalue weighted by Gasteiger charge is -2.03. The zero-order valence-corrected chi connectivity index (χ0v) is 11.6. The van der Waals surface area contributed by atoms with Crippen LogP contribution in [0.3, 0.4) is 0 Å². The summed E-state index contributed by atoms with van der Waals surface area (Å²) in [7, 11) is 0. The molecule has 0 aliphatic carbocycles. The molecule has 4 heteroatoms. The van der Waals surface area contributed by atoms with Gasteiger partial charge in [0.15, 0.2) is 5.82 Å². The van der Waals surface area contributed by atoms with Crippen molar-refractivity contribution < 1.29 is 4.52 Å². The molecule has 1 aromatic heterocycles. The number of aryl methyl sites for hydroxylation is 3. The average molecular weight is 259 g/mol. The van der Waals surface area contributed by atoms with Gasteiger partial charge in [-0.1, -0.05) is 42.8 Å². The van der Waals surface area contributed by atoms with Crippen LogP contribution in [0.2, 0.25) is 0 Å². The first-order valence-corrected chi connectivity index (χ1v) is 6.83. The molecule has 2 rings (SSSR count). The van der Waals surface area contributed by atoms with Gasteiger partial charge in [0.2, 0.25) is 5.89 Å². The van der Waals surface area contributed by atoms with Crippen LogP contribution < -0.4 is 5.73 Å². The summed E-state index contributed by atoms with van der Waals surface area (Å²) in [6, 6.07) is 8.24. The predicted molar refractivity (Wildman–Crippen MR) is 74.7 cm³/mol. The van der Waals surface area contributed by atoms with E-state index in [1.165, 1.54) is 11.1 Å². The molecule has 0 aliphatic heterocycles. The molecule has 0 fully saturated rings. The van der Waals surface area contributed by atoms with Gasteiger partial charge in [-0.05, 0) is 30.9 Å². The minimum atomic E-state index is -0.110. The number of nitrogens with two attached hydrogens (primary N) is 1. The lowest BCUT2D eigenvalue weighted by atomic mass is 10.0. The second-order valence-corrected chi connectivity index (χ2v) is 4.87. The Morgan fingerprint density at radius 1 is 1.26 bits per heavy atom. The van der Waals surface area contributed by atoms with Crippen LogP contribution in [0, 0.1) is 6.92 Å². The number of hydrogen-bond acceptors (Lipinski definition) is 4. The van der Waals surface area contributed by atoms with Gasteiger partial charge >= 0.3 is 0 Å². The van der Waals surface area contributed by atoms with Gasteiger partial charge in [-0.25, -0.2) is 0 Å². The predicted octanol–water partition coefficient (Wildman–Crippen LogP) is 2.96. The topological polar surface area (TPSA) is 64.9 Å². The lowest BCUT2D eigenvalue weighted by Crippen LogP contribution is -2.11. The largest absolute Gasteiger partial charge is 0.339 e. The summed E-state index contributed by atoms with van der Waals surface area (Å²) >= 11 is 0. The number of nitrogens with zero attached hydrogens (tertiary/aromatic N) is 2. The van der Waals surface area contributed by atoms with Crippen molar-refractivity contribution in [3.05, 3.63) is 47.1 Å². The van der Waals surface area contributed by atoms with Crippen molar-refractivity contribution in [3.8, 4) is 0 Å². The van der Waals surface area contributed by atoms with Crippen LogP contribution in [-0.4, -0.2) is 10.1 Å². The Bertz CT molecular complexity index is 522. The van der Waals surface area contributed by atoms with E-state index in [2.05, 4.69) is 42.2 Å². The van der Waals surface area contributed by atoms with Crippen LogP contribution in [0.1, 0.15) is 48.6 Å². The van der Waals surface area contributed by atoms with Crippen molar-refractivity contribution in [1.29, 1.82) is 0 Å². The minimum Gasteiger partial charge on any atom is -0.339 e. The highest BCUT2D eigenvalue weighted by Gasteiger charge is 2.13. The molecule has 0 amide bonds. The maximum Gasteiger partial charge on any atom is 0.227 e. The number of hydrogen-bond donors (Lipinski definition) is 1. The van der Waals surface area contributed by atoms with Gasteiger partial charge in [0.05, 0.1) is 6.04 Å². The quantitative estimate of drug-likeness (QED) is 0.866. The van der Waals surface area contributed by atoms with Crippen LogP contribution in [-0.2, 0) is 12.8 Å². The van der Waals surface area contributed by atoms with Gasteiger partial charge < -0.3 is 10.3 Å². The second kappa shape index (κ2) is 6.48. The van der Waals surface area contributed by atoms with Crippen LogP contribution >= 0.6 is 0 Å². The van der Waals surface area contributed by atoms with Crippen LogP contribution in [0.5, 0.6) is 0 Å². The summed E-state index contributed by atoms with van der Waals surface area (Å²) in [6.45, 7) is 4.21. The molecule has 1 unspecified atom stereocenters. The maximum atomic E-state index is 5.97. The Hall–Kier alpha value is -1.68. The van der Waals surface area contributed by atoms with Crippen molar-refractivity contribution in [3.63, 3.8) is 0 Å². The fraction of sp³-hybridized carbons (Fsp3) is 0.467. The van der Waals surface area contributed by atoms with Crippen LogP contribution in [0.4, 0.5) is 0 Å². The molecule has 0 aliphatic rings. The maximum absolute atomic E-state index is 5.97. The summed E-state index contributed by atoms with van der Waals surface area (Å²) in [5.41, 5.74) is 8.58. The Kier molecular flexibility index (Phi) is 4.68. The third-order valence-corrected chi connectivity index (χ3v) is 3.28. The number of rotatable bonds is 6. The van der Waals surface area contributed by atoms with Gasteiger partial charge in [-0.15, -0.1) is 0 Å². The molecule has 1 heterocycles. The molecule has 1 aromatic carbocycles. The molecule has 0 spiro atoms. The minimum absolute atomic E-state index is 0.110. The van der Waals surface area contributed by atoms with Crippen LogP contribution in [0.15, 0.2) is 28.8 Å². The second-order valence-electron chi connectivity index (χ2n) is 4.87. The van der Waals surface area contributed by atoms with E-state index in [4.69, 9.17) is 10.3 Å². The van der Waals surface area contributed by atoms with Gasteiger partial charge in [0, 0.05) is 6.42 Å². The fourth-order valence-electron chi connectivity index (χ4n) is 2.09. The Morgan fingerprint density at radius 2 is 2.05 bits per heavy atom. The first-order valence-electron chi connectivity index (χ1n) is 6.83. The number of benzene rings is 1. The summed E-state index contributed by atoms with van der Waals surface area (Å²) < 4.78 is 5.25. The monoisotopic (exact) mass is 259 g/mol. The molecular weight excluding hydrogens is 238 g/mol. The van der Waals surface area contributed by atoms with Gasteiger partial charge in [-0.3, -0.25) is 0 Å². The third kappa shape index (κ3) is 3.64. The summed E-state index contributed by atoms with van der Waals surface area (Å²) in [6.07, 6.45) is 3.58. The molecule has 2 N–H and O–H groups in total. The summed E-state index contributed by atoms with van der Waals surface area (Å²) in [4.78, 5) is 4.37. The van der Waals surface area contributed by atoms with E-state index in [0.717, 1.165) is 25.7 Å². The zero-order chi connectivity index (χ0) is 13.7. The van der Waals surface area contributed by atoms with E-state index >= 15 is 0 Å². The molecule has 0 saturated carbocycles. The highest BCUT2D eigenvalue weighted by molar-refractivity contribution is 5.25. The van der Waals surface area contributed by atoms with E-state index in [1.54, 1.807) is 0 Å². The molecule has 19 heavy (non-hydrogen) atoms. The van der Waals surface area contributed by atoms with Crippen molar-refractivity contribution in [2.75, 3.05) is 0 Å². The van der Waals surface area contributed by atoms with Gasteiger partial charge in [-0.2, -0.15) is 4.98 Å². The highest BCUT2D eigenvalue weighted by atomic mass is 16.5. The third-order valence-electron chi connectivity index (χ3n) is 3.28. The van der Waals surface area contributed by atoms with E-state index in [1.807, 2.05) is 6.07 Å². The Labute approximate surface area is 114 Å². The van der Waals surface area contributed by atoms with E-state index in [-0.39, 0.29) is 6.04 Å². The van der Waals surface area contributed by atoms with E-state index in [9.17, 15) is 0 Å². The SMILES string of the molecule is CCCC(N)c1noc(CCc2ccccc2C)n1. The lowest BCUT2D eigenvalue weighted by molar-refractivity contribution is 0.368. The van der Waals surface area contributed by atoms with E-state index < -0.39 is 0 Å². The molecular formula is C15H21N3O. The number of aromatic nitrogens is 2. The smallest absolute Gasteiger partial charge is 0.227 e. The van der Waals surface area contributed by atoms with Crippen LogP contribution in [0.25, 0.3) is 0 Å².